The molecule has 2 aromatic carbocycles. The molecule has 0 saturated carbocycles. The molecule has 186 valence electrons. The number of likely N-dealkylation sites (N-methyl/N-ethyl adjacent to an activating group) is 1. The molecular weight excluding hydrogens is 585 g/mol. The third-order valence-electron chi connectivity index (χ3n) is 5.42. The zero-order chi connectivity index (χ0) is 25.8. The molecule has 0 aliphatic heterocycles. The Bertz CT molecular complexity index is 1430. The summed E-state index contributed by atoms with van der Waals surface area (Å²) in [6.45, 7) is 1.99. The first-order valence-electron chi connectivity index (χ1n) is 10.9. The number of hydrogen-bond donors (Lipinski definition) is 2. The molecule has 0 spiro atoms. The van der Waals surface area contributed by atoms with Gasteiger partial charge in [-0.2, -0.15) is 0 Å². The van der Waals surface area contributed by atoms with Gasteiger partial charge in [0, 0.05) is 29.5 Å². The molecule has 0 aliphatic carbocycles. The summed E-state index contributed by atoms with van der Waals surface area (Å²) in [5.41, 5.74) is 3.41. The summed E-state index contributed by atoms with van der Waals surface area (Å²) in [4.78, 5) is 18.9. The SMILES string of the molecule is Cc1nc2c(OCc3c(Cl)ccc(N(C)C(=O)CNC(=S)Nc4ccccc4)c3Cl)cccn2c1Br. The number of nitrogens with zero attached hydrogens (tertiary/aromatic N) is 3. The van der Waals surface area contributed by atoms with Crippen molar-refractivity contribution in [3.8, 4) is 5.75 Å². The maximum absolute atomic E-state index is 12.8. The van der Waals surface area contributed by atoms with E-state index in [1.54, 1.807) is 19.2 Å². The lowest BCUT2D eigenvalue weighted by molar-refractivity contribution is -0.117. The molecule has 0 aliphatic rings. The number of anilines is 2. The summed E-state index contributed by atoms with van der Waals surface area (Å²) in [5.74, 6) is 0.350. The predicted octanol–water partition coefficient (Wildman–Crippen LogP) is 6.24. The van der Waals surface area contributed by atoms with Gasteiger partial charge in [0.1, 0.15) is 11.2 Å². The Hall–Kier alpha value is -2.85. The number of amides is 1. The van der Waals surface area contributed by atoms with Gasteiger partial charge in [0.15, 0.2) is 16.5 Å². The van der Waals surface area contributed by atoms with Gasteiger partial charge in [0.05, 0.1) is 22.9 Å². The molecular formula is C25H22BrCl2N5O2S. The van der Waals surface area contributed by atoms with E-state index in [-0.39, 0.29) is 19.1 Å². The third kappa shape index (κ3) is 5.75. The topological polar surface area (TPSA) is 70.9 Å². The number of rotatable bonds is 7. The quantitative estimate of drug-likeness (QED) is 0.243. The molecule has 4 aromatic rings. The number of para-hydroxylation sites is 1. The molecule has 4 rings (SSSR count). The summed E-state index contributed by atoms with van der Waals surface area (Å²) in [6.07, 6.45) is 1.89. The summed E-state index contributed by atoms with van der Waals surface area (Å²) >= 11 is 21.9. The maximum Gasteiger partial charge on any atom is 0.246 e. The number of aromatic nitrogens is 2. The van der Waals surface area contributed by atoms with Crippen LogP contribution in [0.4, 0.5) is 11.4 Å². The van der Waals surface area contributed by atoms with Crippen molar-refractivity contribution in [2.24, 2.45) is 0 Å². The summed E-state index contributed by atoms with van der Waals surface area (Å²) in [6, 6.07) is 16.5. The van der Waals surface area contributed by atoms with Gasteiger partial charge in [0.2, 0.25) is 5.91 Å². The molecule has 2 aromatic heterocycles. The van der Waals surface area contributed by atoms with Crippen molar-refractivity contribution < 1.29 is 9.53 Å². The highest BCUT2D eigenvalue weighted by Gasteiger charge is 2.19. The van der Waals surface area contributed by atoms with Crippen LogP contribution in [0.1, 0.15) is 11.3 Å². The number of hydrogen-bond acceptors (Lipinski definition) is 4. The molecule has 0 atom stereocenters. The Morgan fingerprint density at radius 2 is 1.92 bits per heavy atom. The number of nitrogens with one attached hydrogen (secondary N) is 2. The molecule has 7 nitrogen and oxygen atoms in total. The van der Waals surface area contributed by atoms with Crippen LogP contribution in [0, 0.1) is 6.92 Å². The van der Waals surface area contributed by atoms with Gasteiger partial charge in [-0.15, -0.1) is 0 Å². The number of imidazole rings is 1. The molecule has 0 fully saturated rings. The van der Waals surface area contributed by atoms with E-state index in [9.17, 15) is 4.79 Å². The minimum atomic E-state index is -0.231. The lowest BCUT2D eigenvalue weighted by Crippen LogP contribution is -2.40. The number of pyridine rings is 1. The molecule has 1 amide bonds. The fourth-order valence-electron chi connectivity index (χ4n) is 3.47. The van der Waals surface area contributed by atoms with Gasteiger partial charge >= 0.3 is 0 Å². The number of fused-ring (bicyclic) bond motifs is 1. The van der Waals surface area contributed by atoms with Crippen LogP contribution in [-0.2, 0) is 11.4 Å². The van der Waals surface area contributed by atoms with Crippen molar-refractivity contribution in [1.29, 1.82) is 0 Å². The normalized spacial score (nSPS) is 10.8. The van der Waals surface area contributed by atoms with Crippen molar-refractivity contribution in [3.63, 3.8) is 0 Å². The number of ether oxygens (including phenoxy) is 1. The van der Waals surface area contributed by atoms with E-state index >= 15 is 0 Å². The van der Waals surface area contributed by atoms with Gasteiger partial charge in [-0.25, -0.2) is 4.98 Å². The van der Waals surface area contributed by atoms with Crippen LogP contribution >= 0.6 is 51.3 Å². The van der Waals surface area contributed by atoms with Crippen LogP contribution in [0.15, 0.2) is 65.4 Å². The van der Waals surface area contributed by atoms with Crippen molar-refractivity contribution in [1.82, 2.24) is 14.7 Å². The number of thiocarbonyl (C=S) groups is 1. The second-order valence-electron chi connectivity index (χ2n) is 7.83. The number of halogens is 3. The minimum Gasteiger partial charge on any atom is -0.485 e. The molecule has 0 radical (unpaired) electrons. The van der Waals surface area contributed by atoms with E-state index in [4.69, 9.17) is 40.2 Å². The number of carbonyl (C=O) groups excluding carboxylic acids is 1. The number of carbonyl (C=O) groups is 1. The zero-order valence-corrected chi connectivity index (χ0v) is 23.3. The average molecular weight is 607 g/mol. The van der Waals surface area contributed by atoms with Crippen molar-refractivity contribution in [2.75, 3.05) is 23.8 Å². The first-order valence-corrected chi connectivity index (χ1v) is 12.8. The molecule has 11 heteroatoms. The van der Waals surface area contributed by atoms with Gasteiger partial charge in [-0.1, -0.05) is 41.4 Å². The molecule has 0 saturated heterocycles. The van der Waals surface area contributed by atoms with Gasteiger partial charge in [-0.3, -0.25) is 9.20 Å². The Morgan fingerprint density at radius 1 is 1.17 bits per heavy atom. The summed E-state index contributed by atoms with van der Waals surface area (Å²) < 4.78 is 8.80. The van der Waals surface area contributed by atoms with E-state index < -0.39 is 0 Å². The molecule has 36 heavy (non-hydrogen) atoms. The third-order valence-corrected chi connectivity index (χ3v) is 7.40. The molecule has 0 unspecified atom stereocenters. The van der Waals surface area contributed by atoms with E-state index in [2.05, 4.69) is 31.5 Å². The van der Waals surface area contributed by atoms with Crippen molar-refractivity contribution >= 4 is 79.4 Å². The second-order valence-corrected chi connectivity index (χ2v) is 9.77. The van der Waals surface area contributed by atoms with Crippen LogP contribution in [0.25, 0.3) is 5.65 Å². The van der Waals surface area contributed by atoms with Crippen molar-refractivity contribution in [3.05, 3.63) is 86.7 Å². The van der Waals surface area contributed by atoms with E-state index in [0.717, 1.165) is 16.0 Å². The van der Waals surface area contributed by atoms with Crippen LogP contribution < -0.4 is 20.3 Å². The smallest absolute Gasteiger partial charge is 0.246 e. The Labute approximate surface area is 232 Å². The Morgan fingerprint density at radius 3 is 2.67 bits per heavy atom. The van der Waals surface area contributed by atoms with Gasteiger partial charge in [-0.05, 0) is 71.5 Å². The molecule has 2 heterocycles. The summed E-state index contributed by atoms with van der Waals surface area (Å²) in [5, 5.41) is 7.06. The lowest BCUT2D eigenvalue weighted by Gasteiger charge is -2.22. The number of aryl methyl sites for hydroxylation is 1. The predicted molar refractivity (Wildman–Crippen MR) is 152 cm³/mol. The minimum absolute atomic E-state index is 0.0178. The number of benzene rings is 2. The van der Waals surface area contributed by atoms with Crippen LogP contribution in [0.5, 0.6) is 5.75 Å². The van der Waals surface area contributed by atoms with Gasteiger partial charge < -0.3 is 20.3 Å². The Balaban J connectivity index is 1.44. The highest BCUT2D eigenvalue weighted by atomic mass is 79.9. The standard InChI is InChI=1S/C25H22BrCl2N5O2S/c1-15-23(26)33-12-6-9-20(24(33)30-15)35-14-17-18(27)10-11-19(22(17)28)32(2)21(34)13-29-25(36)31-16-7-4-3-5-8-16/h3-12H,13-14H2,1-2H3,(H2,29,31,36). The van der Waals surface area contributed by atoms with Crippen LogP contribution in [0.3, 0.4) is 0 Å². The van der Waals surface area contributed by atoms with Gasteiger partial charge in [0.25, 0.3) is 0 Å². The zero-order valence-electron chi connectivity index (χ0n) is 19.4. The fraction of sp³-hybridized carbons (Fsp3) is 0.160. The Kier molecular flexibility index (Phi) is 8.35. The van der Waals surface area contributed by atoms with E-state index in [0.29, 0.717) is 37.8 Å². The average Bonchev–Trinajstić information content (AvgIpc) is 3.16. The highest BCUT2D eigenvalue weighted by molar-refractivity contribution is 9.10. The van der Waals surface area contributed by atoms with Crippen LogP contribution in [0.2, 0.25) is 10.0 Å². The first-order chi connectivity index (χ1) is 17.3. The molecule has 2 N–H and O–H groups in total. The first kappa shape index (κ1) is 26.2. The van der Waals surface area contributed by atoms with Crippen molar-refractivity contribution in [2.45, 2.75) is 13.5 Å². The summed E-state index contributed by atoms with van der Waals surface area (Å²) in [7, 11) is 1.64. The molecule has 0 bridgehead atoms. The fourth-order valence-corrected chi connectivity index (χ4v) is 4.64. The maximum atomic E-state index is 12.8. The highest BCUT2D eigenvalue weighted by Crippen LogP contribution is 2.35. The lowest BCUT2D eigenvalue weighted by atomic mass is 10.2. The van der Waals surface area contributed by atoms with E-state index in [1.165, 1.54) is 4.90 Å². The van der Waals surface area contributed by atoms with E-state index in [1.807, 2.05) is 60.0 Å². The van der Waals surface area contributed by atoms with Crippen LogP contribution in [-0.4, -0.2) is 34.0 Å². The second kappa shape index (κ2) is 11.5. The largest absolute Gasteiger partial charge is 0.485 e. The monoisotopic (exact) mass is 605 g/mol.